The van der Waals surface area contributed by atoms with E-state index in [1.165, 1.54) is 30.4 Å². The van der Waals surface area contributed by atoms with Crippen LogP contribution in [0.15, 0.2) is 47.2 Å². The van der Waals surface area contributed by atoms with Crippen LogP contribution in [0.25, 0.3) is 22.2 Å². The molecule has 0 radical (unpaired) electrons. The van der Waals surface area contributed by atoms with Crippen LogP contribution in [0.4, 0.5) is 0 Å². The maximum atomic E-state index is 5.58. The monoisotopic (exact) mass is 416 g/mol. The standard InChI is InChI=1S/C25H24N2O2S/c1-2-20-17(8-19(1)25(20)4-5-25)11-26-12-18-7-16-9-22-23(29-14-28-22)10-21(16)27-24(18)15-3-6-30-13-15/h1-3,6-7,9-10,13,17,19-20,26H,4-5,8,11-12,14H2. The SMILES string of the molecule is C1=CC2C(CNCc3cc4cc5c(cc4nc3-c3ccsc3)OCO5)CC1C21CC1. The molecule has 1 N–H and O–H groups in total. The van der Waals surface area contributed by atoms with Gasteiger partial charge in [-0.25, -0.2) is 4.98 Å². The van der Waals surface area contributed by atoms with Gasteiger partial charge in [0.2, 0.25) is 6.79 Å². The summed E-state index contributed by atoms with van der Waals surface area (Å²) in [5, 5.41) is 9.20. The summed E-state index contributed by atoms with van der Waals surface area (Å²) in [7, 11) is 0. The van der Waals surface area contributed by atoms with E-state index in [1.807, 2.05) is 6.07 Å². The average Bonchev–Trinajstić information content (AvgIpc) is 3.10. The smallest absolute Gasteiger partial charge is 0.231 e. The molecule has 2 fully saturated rings. The van der Waals surface area contributed by atoms with E-state index in [-0.39, 0.29) is 6.79 Å². The van der Waals surface area contributed by atoms with Crippen molar-refractivity contribution >= 4 is 22.2 Å². The Morgan fingerprint density at radius 1 is 1.13 bits per heavy atom. The Balaban J connectivity index is 1.18. The quantitative estimate of drug-likeness (QED) is 0.567. The summed E-state index contributed by atoms with van der Waals surface area (Å²) >= 11 is 1.71. The molecule has 3 heterocycles. The van der Waals surface area contributed by atoms with Crippen LogP contribution in [0, 0.1) is 23.2 Å². The van der Waals surface area contributed by atoms with Gasteiger partial charge in [-0.2, -0.15) is 11.3 Å². The maximum Gasteiger partial charge on any atom is 0.231 e. The van der Waals surface area contributed by atoms with Crippen LogP contribution in [0.1, 0.15) is 24.8 Å². The average molecular weight is 417 g/mol. The predicted molar refractivity (Wildman–Crippen MR) is 119 cm³/mol. The van der Waals surface area contributed by atoms with E-state index in [0.29, 0.717) is 5.41 Å². The van der Waals surface area contributed by atoms with Crippen LogP contribution in [0.5, 0.6) is 11.5 Å². The highest BCUT2D eigenvalue weighted by Crippen LogP contribution is 2.69. The minimum atomic E-state index is 0.289. The molecule has 30 heavy (non-hydrogen) atoms. The lowest BCUT2D eigenvalue weighted by Gasteiger charge is -2.21. The van der Waals surface area contributed by atoms with Crippen molar-refractivity contribution in [3.05, 3.63) is 52.7 Å². The van der Waals surface area contributed by atoms with Gasteiger partial charge in [0, 0.05) is 28.9 Å². The number of aromatic nitrogens is 1. The summed E-state index contributed by atoms with van der Waals surface area (Å²) in [6.45, 7) is 2.22. The number of fused-ring (bicyclic) bond motifs is 2. The topological polar surface area (TPSA) is 43.4 Å². The summed E-state index contributed by atoms with van der Waals surface area (Å²) in [5.74, 6) is 4.04. The molecule has 0 amide bonds. The lowest BCUT2D eigenvalue weighted by atomic mass is 9.89. The van der Waals surface area contributed by atoms with Crippen LogP contribution < -0.4 is 14.8 Å². The molecule has 3 atom stereocenters. The Bertz CT molecular complexity index is 1170. The third kappa shape index (κ3) is 2.51. The third-order valence-electron chi connectivity index (χ3n) is 7.75. The van der Waals surface area contributed by atoms with Crippen molar-refractivity contribution in [3.63, 3.8) is 0 Å². The first kappa shape index (κ1) is 17.3. The molecule has 4 aliphatic rings. The normalized spacial score (nSPS) is 26.9. The lowest BCUT2D eigenvalue weighted by Crippen LogP contribution is -2.26. The summed E-state index contributed by atoms with van der Waals surface area (Å²) < 4.78 is 11.1. The fourth-order valence-corrected chi connectivity index (χ4v) is 6.78. The number of nitrogens with zero attached hydrogens (tertiary/aromatic N) is 1. The van der Waals surface area contributed by atoms with Crippen molar-refractivity contribution in [1.82, 2.24) is 10.3 Å². The van der Waals surface area contributed by atoms with Crippen molar-refractivity contribution in [1.29, 1.82) is 0 Å². The number of nitrogens with one attached hydrogen (secondary N) is 1. The number of benzene rings is 1. The number of allylic oxidation sites excluding steroid dienone is 2. The number of pyridine rings is 1. The zero-order chi connectivity index (χ0) is 19.7. The van der Waals surface area contributed by atoms with Crippen molar-refractivity contribution in [2.75, 3.05) is 13.3 Å². The van der Waals surface area contributed by atoms with Crippen molar-refractivity contribution in [3.8, 4) is 22.8 Å². The Morgan fingerprint density at radius 3 is 2.83 bits per heavy atom. The first-order valence-electron chi connectivity index (χ1n) is 11.0. The van der Waals surface area contributed by atoms with E-state index in [4.69, 9.17) is 14.5 Å². The van der Waals surface area contributed by atoms with Crippen LogP contribution in [0.2, 0.25) is 0 Å². The maximum absolute atomic E-state index is 5.58. The van der Waals surface area contributed by atoms with Crippen LogP contribution >= 0.6 is 11.3 Å². The number of ether oxygens (including phenoxy) is 2. The van der Waals surface area contributed by atoms with Gasteiger partial charge in [-0.15, -0.1) is 0 Å². The highest BCUT2D eigenvalue weighted by Gasteiger charge is 2.62. The van der Waals surface area contributed by atoms with Gasteiger partial charge < -0.3 is 14.8 Å². The fourth-order valence-electron chi connectivity index (χ4n) is 6.14. The van der Waals surface area contributed by atoms with E-state index >= 15 is 0 Å². The molecule has 3 aromatic rings. The van der Waals surface area contributed by atoms with Gasteiger partial charge in [-0.1, -0.05) is 12.2 Å². The van der Waals surface area contributed by atoms with Crippen LogP contribution in [-0.4, -0.2) is 18.3 Å². The summed E-state index contributed by atoms with van der Waals surface area (Å²) in [6.07, 6.45) is 9.27. The predicted octanol–water partition coefficient (Wildman–Crippen LogP) is 5.38. The van der Waals surface area contributed by atoms with E-state index in [2.05, 4.69) is 46.4 Å². The van der Waals surface area contributed by atoms with Crippen LogP contribution in [0.3, 0.4) is 0 Å². The zero-order valence-electron chi connectivity index (χ0n) is 16.8. The second kappa shape index (κ2) is 6.32. The Morgan fingerprint density at radius 2 is 2.03 bits per heavy atom. The summed E-state index contributed by atoms with van der Waals surface area (Å²) in [6, 6.07) is 8.49. The zero-order valence-corrected chi connectivity index (χ0v) is 17.6. The molecule has 2 bridgehead atoms. The molecule has 2 aromatic heterocycles. The van der Waals surface area contributed by atoms with E-state index < -0.39 is 0 Å². The summed E-state index contributed by atoms with van der Waals surface area (Å²) in [4.78, 5) is 5.04. The third-order valence-corrected chi connectivity index (χ3v) is 8.43. The van der Waals surface area contributed by atoms with Gasteiger partial charge in [-0.3, -0.25) is 0 Å². The molecule has 2 saturated carbocycles. The second-order valence-corrected chi connectivity index (χ2v) is 10.1. The van der Waals surface area contributed by atoms with E-state index in [0.717, 1.165) is 58.9 Å². The number of rotatable bonds is 5. The minimum Gasteiger partial charge on any atom is -0.454 e. The van der Waals surface area contributed by atoms with E-state index in [9.17, 15) is 0 Å². The summed E-state index contributed by atoms with van der Waals surface area (Å²) in [5.41, 5.74) is 5.14. The molecular weight excluding hydrogens is 392 g/mol. The Hall–Kier alpha value is -2.37. The van der Waals surface area contributed by atoms with Gasteiger partial charge in [0.1, 0.15) is 0 Å². The molecule has 7 rings (SSSR count). The van der Waals surface area contributed by atoms with Gasteiger partial charge in [0.15, 0.2) is 11.5 Å². The second-order valence-electron chi connectivity index (χ2n) is 9.28. The molecule has 5 heteroatoms. The van der Waals surface area contributed by atoms with Crippen molar-refractivity contribution < 1.29 is 9.47 Å². The largest absolute Gasteiger partial charge is 0.454 e. The number of thiophene rings is 1. The number of hydrogen-bond donors (Lipinski definition) is 1. The Labute approximate surface area is 179 Å². The fraction of sp³-hybridized carbons (Fsp3) is 0.400. The molecule has 3 aliphatic carbocycles. The van der Waals surface area contributed by atoms with Crippen molar-refractivity contribution in [2.24, 2.45) is 23.2 Å². The highest BCUT2D eigenvalue weighted by atomic mass is 32.1. The van der Waals surface area contributed by atoms with Crippen LogP contribution in [-0.2, 0) is 6.54 Å². The molecular formula is C25H24N2O2S. The molecule has 4 nitrogen and oxygen atoms in total. The van der Waals surface area contributed by atoms with Gasteiger partial charge in [0.05, 0.1) is 11.2 Å². The lowest BCUT2D eigenvalue weighted by molar-refractivity contribution is 0.174. The molecule has 0 saturated heterocycles. The molecule has 1 spiro atoms. The number of hydrogen-bond acceptors (Lipinski definition) is 5. The van der Waals surface area contributed by atoms with Gasteiger partial charge in [0.25, 0.3) is 0 Å². The first-order chi connectivity index (χ1) is 14.8. The minimum absolute atomic E-state index is 0.289. The van der Waals surface area contributed by atoms with Crippen molar-refractivity contribution in [2.45, 2.75) is 25.8 Å². The van der Waals surface area contributed by atoms with E-state index in [1.54, 1.807) is 11.3 Å². The first-order valence-corrected chi connectivity index (χ1v) is 11.9. The molecule has 1 aliphatic heterocycles. The van der Waals surface area contributed by atoms with Gasteiger partial charge >= 0.3 is 0 Å². The highest BCUT2D eigenvalue weighted by molar-refractivity contribution is 7.08. The van der Waals surface area contributed by atoms with Gasteiger partial charge in [-0.05, 0) is 78.1 Å². The molecule has 1 aromatic carbocycles. The Kier molecular flexibility index (Phi) is 3.65. The molecule has 3 unspecified atom stereocenters. The molecule has 152 valence electrons.